The molecule has 0 aliphatic carbocycles. The van der Waals surface area contributed by atoms with Crippen LogP contribution >= 0.6 is 0 Å². The number of esters is 1. The Morgan fingerprint density at radius 2 is 1.88 bits per heavy atom. The summed E-state index contributed by atoms with van der Waals surface area (Å²) in [4.78, 5) is 34.0. The van der Waals surface area contributed by atoms with Crippen LogP contribution in [0.25, 0.3) is 11.0 Å². The quantitative estimate of drug-likeness (QED) is 0.777. The Kier molecular flexibility index (Phi) is 5.42. The number of aromatic nitrogens is 2. The molecule has 0 radical (unpaired) electrons. The molecule has 2 rings (SSSR count). The summed E-state index contributed by atoms with van der Waals surface area (Å²) in [5, 5.41) is 8.50. The van der Waals surface area contributed by atoms with Crippen LogP contribution in [-0.4, -0.2) is 46.9 Å². The first-order valence-electron chi connectivity index (χ1n) is 7.45. The third kappa shape index (κ3) is 4.04. The molecule has 1 amide bonds. The highest BCUT2D eigenvalue weighted by Crippen LogP contribution is 2.15. The van der Waals surface area contributed by atoms with Crippen LogP contribution in [0, 0.1) is 25.2 Å². The summed E-state index contributed by atoms with van der Waals surface area (Å²) in [5.74, 6) is -0.954. The van der Waals surface area contributed by atoms with Gasteiger partial charge in [0.25, 0.3) is 5.91 Å². The molecule has 0 bridgehead atoms. The summed E-state index contributed by atoms with van der Waals surface area (Å²) in [5.41, 5.74) is 3.24. The first-order valence-corrected chi connectivity index (χ1v) is 7.45. The minimum absolute atomic E-state index is 0.234. The SMILES string of the molecule is Cc1nc2ccc(C(=O)OCC(=O)N(C)CCC#N)cc2nc1C. The monoisotopic (exact) mass is 326 g/mol. The highest BCUT2D eigenvalue weighted by Gasteiger charge is 2.14. The van der Waals surface area contributed by atoms with Crippen LogP contribution in [0.15, 0.2) is 18.2 Å². The van der Waals surface area contributed by atoms with E-state index in [0.29, 0.717) is 23.1 Å². The lowest BCUT2D eigenvalue weighted by atomic mass is 10.2. The fourth-order valence-corrected chi connectivity index (χ4v) is 2.02. The molecule has 7 heteroatoms. The number of amides is 1. The van der Waals surface area contributed by atoms with E-state index < -0.39 is 5.97 Å². The first kappa shape index (κ1) is 17.3. The average Bonchev–Trinajstić information content (AvgIpc) is 2.57. The lowest BCUT2D eigenvalue weighted by Gasteiger charge is -2.15. The Hall–Kier alpha value is -3.01. The van der Waals surface area contributed by atoms with Gasteiger partial charge >= 0.3 is 5.97 Å². The molecule has 0 aliphatic rings. The predicted octanol–water partition coefficient (Wildman–Crippen LogP) is 1.78. The summed E-state index contributed by atoms with van der Waals surface area (Å²) in [6.07, 6.45) is 0.234. The molecule has 0 saturated carbocycles. The molecule has 0 unspecified atom stereocenters. The Morgan fingerprint density at radius 3 is 2.54 bits per heavy atom. The van der Waals surface area contributed by atoms with Crippen LogP contribution in [0.2, 0.25) is 0 Å². The van der Waals surface area contributed by atoms with Gasteiger partial charge in [-0.2, -0.15) is 5.26 Å². The number of hydrogen-bond donors (Lipinski definition) is 0. The number of hydrogen-bond acceptors (Lipinski definition) is 6. The van der Waals surface area contributed by atoms with Gasteiger partial charge in [-0.15, -0.1) is 0 Å². The molecular formula is C17H18N4O3. The van der Waals surface area contributed by atoms with Crippen molar-refractivity contribution in [2.24, 2.45) is 0 Å². The Morgan fingerprint density at radius 1 is 1.21 bits per heavy atom. The zero-order valence-electron chi connectivity index (χ0n) is 13.9. The number of fused-ring (bicyclic) bond motifs is 1. The van der Waals surface area contributed by atoms with Crippen molar-refractivity contribution in [1.82, 2.24) is 14.9 Å². The molecule has 0 atom stereocenters. The van der Waals surface area contributed by atoms with Crippen molar-refractivity contribution in [3.8, 4) is 6.07 Å². The number of carbonyl (C=O) groups is 2. The van der Waals surface area contributed by atoms with E-state index in [0.717, 1.165) is 11.4 Å². The minimum Gasteiger partial charge on any atom is -0.452 e. The number of aryl methyl sites for hydroxylation is 2. The molecule has 2 aromatic rings. The fourth-order valence-electron chi connectivity index (χ4n) is 2.02. The van der Waals surface area contributed by atoms with Gasteiger partial charge in [0.1, 0.15) is 0 Å². The number of rotatable bonds is 5. The second kappa shape index (κ2) is 7.51. The van der Waals surface area contributed by atoms with Gasteiger partial charge in [0.2, 0.25) is 0 Å². The first-order chi connectivity index (χ1) is 11.4. The maximum Gasteiger partial charge on any atom is 0.338 e. The standard InChI is InChI=1S/C17H18N4O3/c1-11-12(2)20-15-9-13(5-6-14(15)19-11)17(23)24-10-16(22)21(3)8-4-7-18/h5-6,9H,4,8,10H2,1-3H3. The summed E-state index contributed by atoms with van der Waals surface area (Å²) >= 11 is 0. The number of nitriles is 1. The molecule has 0 fully saturated rings. The number of benzene rings is 1. The summed E-state index contributed by atoms with van der Waals surface area (Å²) in [7, 11) is 1.56. The lowest BCUT2D eigenvalue weighted by molar-refractivity contribution is -0.133. The molecule has 124 valence electrons. The Balaban J connectivity index is 2.05. The van der Waals surface area contributed by atoms with Gasteiger partial charge in [0.15, 0.2) is 6.61 Å². The van der Waals surface area contributed by atoms with Gasteiger partial charge in [0, 0.05) is 13.6 Å². The second-order valence-electron chi connectivity index (χ2n) is 5.40. The van der Waals surface area contributed by atoms with Crippen LogP contribution in [0.4, 0.5) is 0 Å². The highest BCUT2D eigenvalue weighted by atomic mass is 16.5. The third-order valence-corrected chi connectivity index (χ3v) is 3.62. The van der Waals surface area contributed by atoms with Gasteiger partial charge in [-0.3, -0.25) is 4.79 Å². The van der Waals surface area contributed by atoms with E-state index >= 15 is 0 Å². The van der Waals surface area contributed by atoms with E-state index in [4.69, 9.17) is 10.00 Å². The molecule has 1 heterocycles. The van der Waals surface area contributed by atoms with Crippen molar-refractivity contribution in [1.29, 1.82) is 5.26 Å². The molecule has 1 aromatic carbocycles. The maximum atomic E-state index is 12.1. The summed E-state index contributed by atoms with van der Waals surface area (Å²) in [6.45, 7) is 3.66. The van der Waals surface area contributed by atoms with Crippen molar-refractivity contribution in [2.75, 3.05) is 20.2 Å². The topological polar surface area (TPSA) is 96.2 Å². The predicted molar refractivity (Wildman–Crippen MR) is 87.2 cm³/mol. The van der Waals surface area contributed by atoms with Crippen LogP contribution < -0.4 is 0 Å². The van der Waals surface area contributed by atoms with Crippen LogP contribution in [0.5, 0.6) is 0 Å². The maximum absolute atomic E-state index is 12.1. The number of likely N-dealkylation sites (N-methyl/N-ethyl adjacent to an activating group) is 1. The Labute approximate surface area is 139 Å². The van der Waals surface area contributed by atoms with Gasteiger partial charge in [0.05, 0.1) is 40.5 Å². The molecule has 1 aromatic heterocycles. The molecular weight excluding hydrogens is 308 g/mol. The van der Waals surface area contributed by atoms with Crippen LogP contribution in [-0.2, 0) is 9.53 Å². The molecule has 0 saturated heterocycles. The van der Waals surface area contributed by atoms with Gasteiger partial charge in [-0.25, -0.2) is 14.8 Å². The zero-order chi connectivity index (χ0) is 17.7. The van der Waals surface area contributed by atoms with Crippen LogP contribution in [0.3, 0.4) is 0 Å². The smallest absolute Gasteiger partial charge is 0.338 e. The number of nitrogens with zero attached hydrogens (tertiary/aromatic N) is 4. The number of ether oxygens (including phenoxy) is 1. The fraction of sp³-hybridized carbons (Fsp3) is 0.353. The zero-order valence-corrected chi connectivity index (χ0v) is 13.9. The van der Waals surface area contributed by atoms with Crippen molar-refractivity contribution in [3.05, 3.63) is 35.2 Å². The second-order valence-corrected chi connectivity index (χ2v) is 5.40. The van der Waals surface area contributed by atoms with Crippen LogP contribution in [0.1, 0.15) is 28.2 Å². The van der Waals surface area contributed by atoms with Gasteiger partial charge in [-0.1, -0.05) is 0 Å². The third-order valence-electron chi connectivity index (χ3n) is 3.62. The minimum atomic E-state index is -0.598. The lowest BCUT2D eigenvalue weighted by Crippen LogP contribution is -2.31. The number of carbonyl (C=O) groups excluding carboxylic acids is 2. The summed E-state index contributed by atoms with van der Waals surface area (Å²) in [6, 6.07) is 6.85. The van der Waals surface area contributed by atoms with E-state index in [1.165, 1.54) is 4.90 Å². The van der Waals surface area contributed by atoms with E-state index in [-0.39, 0.29) is 18.9 Å². The van der Waals surface area contributed by atoms with E-state index in [2.05, 4.69) is 9.97 Å². The van der Waals surface area contributed by atoms with Crippen molar-refractivity contribution >= 4 is 22.9 Å². The largest absolute Gasteiger partial charge is 0.452 e. The van der Waals surface area contributed by atoms with E-state index in [1.807, 2.05) is 19.9 Å². The normalized spacial score (nSPS) is 10.2. The van der Waals surface area contributed by atoms with Crippen molar-refractivity contribution in [2.45, 2.75) is 20.3 Å². The van der Waals surface area contributed by atoms with Crippen molar-refractivity contribution < 1.29 is 14.3 Å². The molecule has 0 spiro atoms. The molecule has 0 aliphatic heterocycles. The van der Waals surface area contributed by atoms with E-state index in [1.54, 1.807) is 25.2 Å². The molecule has 24 heavy (non-hydrogen) atoms. The van der Waals surface area contributed by atoms with Crippen molar-refractivity contribution in [3.63, 3.8) is 0 Å². The summed E-state index contributed by atoms with van der Waals surface area (Å²) < 4.78 is 5.03. The van der Waals surface area contributed by atoms with E-state index in [9.17, 15) is 9.59 Å². The molecule has 0 N–H and O–H groups in total. The molecule has 7 nitrogen and oxygen atoms in total. The van der Waals surface area contributed by atoms with Gasteiger partial charge in [-0.05, 0) is 32.0 Å². The Bertz CT molecular complexity index is 826. The highest BCUT2D eigenvalue weighted by molar-refractivity contribution is 5.94. The van der Waals surface area contributed by atoms with Gasteiger partial charge < -0.3 is 9.64 Å². The average molecular weight is 326 g/mol.